The second-order valence-electron chi connectivity index (χ2n) is 6.68. The quantitative estimate of drug-likeness (QED) is 0.739. The van der Waals surface area contributed by atoms with E-state index in [0.29, 0.717) is 18.4 Å². The highest BCUT2D eigenvalue weighted by molar-refractivity contribution is 7.80. The Morgan fingerprint density at radius 2 is 2.00 bits per heavy atom. The second-order valence-corrected chi connectivity index (χ2v) is 7.09. The molecule has 1 amide bonds. The summed E-state index contributed by atoms with van der Waals surface area (Å²) in [5.74, 6) is -0.663. The van der Waals surface area contributed by atoms with E-state index in [1.54, 1.807) is 39.0 Å². The summed E-state index contributed by atoms with van der Waals surface area (Å²) in [5, 5.41) is 16.1. The first-order valence-corrected chi connectivity index (χ1v) is 8.17. The molecule has 6 heteroatoms. The minimum absolute atomic E-state index is 0.127. The highest BCUT2D eigenvalue weighted by Crippen LogP contribution is 2.45. The van der Waals surface area contributed by atoms with Gasteiger partial charge in [-0.2, -0.15) is 0 Å². The third kappa shape index (κ3) is 3.53. The van der Waals surface area contributed by atoms with E-state index in [1.165, 1.54) is 6.07 Å². The number of hydrogen-bond donors (Lipinski definition) is 3. The van der Waals surface area contributed by atoms with Crippen molar-refractivity contribution in [3.05, 3.63) is 35.6 Å². The molecule has 0 unspecified atom stereocenters. The summed E-state index contributed by atoms with van der Waals surface area (Å²) in [6.07, 6.45) is 2.14. The van der Waals surface area contributed by atoms with E-state index in [0.717, 1.165) is 6.42 Å². The molecule has 0 spiro atoms. The molecule has 0 aliphatic heterocycles. The van der Waals surface area contributed by atoms with E-state index in [4.69, 9.17) is 12.2 Å². The fraction of sp³-hybridized carbons (Fsp3) is 0.529. The largest absolute Gasteiger partial charge is 0.389 e. The van der Waals surface area contributed by atoms with Crippen molar-refractivity contribution in [1.82, 2.24) is 10.6 Å². The van der Waals surface area contributed by atoms with Crippen LogP contribution < -0.4 is 10.6 Å². The standard InChI is InChI=1S/C17H23FN2O2S/c1-11(12-7-4-5-8-13(12)18)19-15(23)20-14(21)16(2,3)17(22)9-6-10-17/h4-5,7-8,11,22H,6,9-10H2,1-3H3,(H2,19,20,21,23)/t11-/m0/s1. The summed E-state index contributed by atoms with van der Waals surface area (Å²) in [5.41, 5.74) is -1.44. The molecule has 3 N–H and O–H groups in total. The van der Waals surface area contributed by atoms with Gasteiger partial charge in [-0.15, -0.1) is 0 Å². The zero-order valence-electron chi connectivity index (χ0n) is 13.6. The van der Waals surface area contributed by atoms with E-state index in [9.17, 15) is 14.3 Å². The number of carbonyl (C=O) groups is 1. The highest BCUT2D eigenvalue weighted by atomic mass is 32.1. The number of rotatable bonds is 4. The number of thiocarbonyl (C=S) groups is 1. The number of hydrogen-bond acceptors (Lipinski definition) is 3. The number of amides is 1. The van der Waals surface area contributed by atoms with E-state index in [1.807, 2.05) is 0 Å². The Kier molecular flexibility index (Phi) is 5.06. The molecule has 0 heterocycles. The molecule has 126 valence electrons. The van der Waals surface area contributed by atoms with Crippen molar-refractivity contribution in [3.8, 4) is 0 Å². The molecule has 0 aromatic heterocycles. The third-order valence-corrected chi connectivity index (χ3v) is 5.08. The maximum absolute atomic E-state index is 13.7. The summed E-state index contributed by atoms with van der Waals surface area (Å²) in [6.45, 7) is 5.19. The molecule has 0 saturated heterocycles. The molecule has 4 nitrogen and oxygen atoms in total. The lowest BCUT2D eigenvalue weighted by atomic mass is 9.62. The summed E-state index contributed by atoms with van der Waals surface area (Å²) in [4.78, 5) is 12.4. The Labute approximate surface area is 141 Å². The molecule has 1 atom stereocenters. The Morgan fingerprint density at radius 3 is 2.52 bits per heavy atom. The fourth-order valence-corrected chi connectivity index (χ4v) is 3.01. The second kappa shape index (κ2) is 6.53. The number of carbonyl (C=O) groups excluding carboxylic acids is 1. The van der Waals surface area contributed by atoms with Gasteiger partial charge in [-0.1, -0.05) is 18.2 Å². The average Bonchev–Trinajstić information content (AvgIpc) is 2.44. The van der Waals surface area contributed by atoms with Crippen molar-refractivity contribution in [2.24, 2.45) is 5.41 Å². The fourth-order valence-electron chi connectivity index (χ4n) is 2.74. The predicted molar refractivity (Wildman–Crippen MR) is 91.3 cm³/mol. The van der Waals surface area contributed by atoms with Crippen LogP contribution in [-0.4, -0.2) is 21.7 Å². The third-order valence-electron chi connectivity index (χ3n) is 4.86. The molecule has 1 saturated carbocycles. The molecule has 1 aliphatic rings. The molecular weight excluding hydrogens is 315 g/mol. The molecule has 0 bridgehead atoms. The van der Waals surface area contributed by atoms with E-state index in [2.05, 4.69) is 10.6 Å². The van der Waals surface area contributed by atoms with Gasteiger partial charge in [0.25, 0.3) is 0 Å². The molecule has 1 fully saturated rings. The zero-order valence-corrected chi connectivity index (χ0v) is 14.5. The Bertz CT molecular complexity index is 614. The van der Waals surface area contributed by atoms with Crippen LogP contribution in [0.4, 0.5) is 4.39 Å². The smallest absolute Gasteiger partial charge is 0.234 e. The Balaban J connectivity index is 1.97. The van der Waals surface area contributed by atoms with Gasteiger partial charge in [-0.3, -0.25) is 4.79 Å². The van der Waals surface area contributed by atoms with E-state index < -0.39 is 11.0 Å². The van der Waals surface area contributed by atoms with Crippen molar-refractivity contribution in [1.29, 1.82) is 0 Å². The molecule has 1 aromatic carbocycles. The van der Waals surface area contributed by atoms with Crippen LogP contribution >= 0.6 is 12.2 Å². The summed E-state index contributed by atoms with van der Waals surface area (Å²) in [6, 6.07) is 6.03. The monoisotopic (exact) mass is 338 g/mol. The van der Waals surface area contributed by atoms with Crippen LogP contribution in [0.5, 0.6) is 0 Å². The first-order valence-electron chi connectivity index (χ1n) is 7.76. The number of nitrogens with one attached hydrogen (secondary N) is 2. The molecule has 1 aliphatic carbocycles. The lowest BCUT2D eigenvalue weighted by molar-refractivity contribution is -0.159. The maximum atomic E-state index is 13.7. The van der Waals surface area contributed by atoms with E-state index in [-0.39, 0.29) is 22.9 Å². The molecule has 1 aromatic rings. The van der Waals surface area contributed by atoms with Crippen molar-refractivity contribution >= 4 is 23.2 Å². The van der Waals surface area contributed by atoms with Crippen LogP contribution in [0.2, 0.25) is 0 Å². The Morgan fingerprint density at radius 1 is 1.39 bits per heavy atom. The topological polar surface area (TPSA) is 61.4 Å². The van der Waals surface area contributed by atoms with Crippen LogP contribution in [0.1, 0.15) is 51.6 Å². The summed E-state index contributed by atoms with van der Waals surface area (Å²) < 4.78 is 13.7. The summed E-state index contributed by atoms with van der Waals surface area (Å²) >= 11 is 5.15. The predicted octanol–water partition coefficient (Wildman–Crippen LogP) is 2.82. The van der Waals surface area contributed by atoms with Crippen molar-refractivity contribution in [2.45, 2.75) is 51.7 Å². The normalized spacial score (nSPS) is 17.8. The van der Waals surface area contributed by atoms with Gasteiger partial charge in [0.1, 0.15) is 5.82 Å². The van der Waals surface area contributed by atoms with Gasteiger partial charge in [0.15, 0.2) is 5.11 Å². The van der Waals surface area contributed by atoms with Crippen LogP contribution in [0, 0.1) is 11.2 Å². The van der Waals surface area contributed by atoms with Gasteiger partial charge in [0, 0.05) is 5.56 Å². The van der Waals surface area contributed by atoms with Crippen LogP contribution in [0.15, 0.2) is 24.3 Å². The van der Waals surface area contributed by atoms with Gasteiger partial charge >= 0.3 is 0 Å². The highest BCUT2D eigenvalue weighted by Gasteiger charge is 2.52. The molecular formula is C17H23FN2O2S. The van der Waals surface area contributed by atoms with Crippen LogP contribution in [0.3, 0.4) is 0 Å². The number of aliphatic hydroxyl groups is 1. The maximum Gasteiger partial charge on any atom is 0.234 e. The molecule has 0 radical (unpaired) electrons. The minimum Gasteiger partial charge on any atom is -0.389 e. The van der Waals surface area contributed by atoms with Gasteiger partial charge in [0.05, 0.1) is 17.1 Å². The van der Waals surface area contributed by atoms with Gasteiger partial charge in [-0.25, -0.2) is 4.39 Å². The van der Waals surface area contributed by atoms with E-state index >= 15 is 0 Å². The first-order chi connectivity index (χ1) is 10.7. The lowest BCUT2D eigenvalue weighted by Gasteiger charge is -2.47. The number of benzene rings is 1. The average molecular weight is 338 g/mol. The van der Waals surface area contributed by atoms with Crippen LogP contribution in [0.25, 0.3) is 0 Å². The lowest BCUT2D eigenvalue weighted by Crippen LogP contribution is -2.59. The van der Waals surface area contributed by atoms with Crippen molar-refractivity contribution < 1.29 is 14.3 Å². The number of halogens is 1. The van der Waals surface area contributed by atoms with Gasteiger partial charge < -0.3 is 15.7 Å². The summed E-state index contributed by atoms with van der Waals surface area (Å²) in [7, 11) is 0. The SMILES string of the molecule is C[C@H](NC(=S)NC(=O)C(C)(C)C1(O)CCC1)c1ccccc1F. The first kappa shape index (κ1) is 17.8. The molecule has 2 rings (SSSR count). The Hall–Kier alpha value is -1.53. The van der Waals surface area contributed by atoms with Crippen molar-refractivity contribution in [3.63, 3.8) is 0 Å². The van der Waals surface area contributed by atoms with Gasteiger partial charge in [0.2, 0.25) is 5.91 Å². The minimum atomic E-state index is -0.982. The van der Waals surface area contributed by atoms with Crippen LogP contribution in [-0.2, 0) is 4.79 Å². The van der Waals surface area contributed by atoms with Gasteiger partial charge in [-0.05, 0) is 58.3 Å². The zero-order chi connectivity index (χ0) is 17.3. The molecule has 23 heavy (non-hydrogen) atoms. The van der Waals surface area contributed by atoms with Crippen molar-refractivity contribution in [2.75, 3.05) is 0 Å².